The number of nitrogens with zero attached hydrogens (tertiary/aromatic N) is 2. The molecular formula is C21H18BrF3N4O. The SMILES string of the molecule is Br.CC(Nc1ncnc2[nH]c(-c3ccc(O)cc3)cc12)c1ccc(C(F)(F)F)cc1. The minimum atomic E-state index is -4.36. The number of nitrogens with one attached hydrogen (secondary N) is 2. The topological polar surface area (TPSA) is 73.8 Å². The Hall–Kier alpha value is -3.07. The highest BCUT2D eigenvalue weighted by atomic mass is 79.9. The first-order valence-electron chi connectivity index (χ1n) is 8.88. The molecule has 1 unspecified atom stereocenters. The van der Waals surface area contributed by atoms with Gasteiger partial charge >= 0.3 is 6.18 Å². The third-order valence-electron chi connectivity index (χ3n) is 4.70. The number of phenols is 1. The number of aromatic hydroxyl groups is 1. The maximum absolute atomic E-state index is 12.8. The largest absolute Gasteiger partial charge is 0.508 e. The fraction of sp³-hybridized carbons (Fsp3) is 0.143. The molecule has 0 radical (unpaired) electrons. The molecule has 4 aromatic rings. The second-order valence-corrected chi connectivity index (χ2v) is 6.70. The van der Waals surface area contributed by atoms with Crippen molar-refractivity contribution in [2.75, 3.05) is 5.32 Å². The highest BCUT2D eigenvalue weighted by Crippen LogP contribution is 2.32. The summed E-state index contributed by atoms with van der Waals surface area (Å²) in [4.78, 5) is 11.7. The summed E-state index contributed by atoms with van der Waals surface area (Å²) in [6.45, 7) is 1.85. The van der Waals surface area contributed by atoms with Crippen LogP contribution in [-0.4, -0.2) is 20.1 Å². The number of rotatable bonds is 4. The molecule has 4 rings (SSSR count). The van der Waals surface area contributed by atoms with Crippen molar-refractivity contribution in [2.24, 2.45) is 0 Å². The molecule has 2 aromatic heterocycles. The number of H-pyrrole nitrogens is 1. The summed E-state index contributed by atoms with van der Waals surface area (Å²) in [5.41, 5.74) is 2.35. The Bertz CT molecular complexity index is 1140. The second-order valence-electron chi connectivity index (χ2n) is 6.70. The van der Waals surface area contributed by atoms with Crippen molar-refractivity contribution in [3.63, 3.8) is 0 Å². The maximum Gasteiger partial charge on any atom is 0.416 e. The zero-order chi connectivity index (χ0) is 20.6. The lowest BCUT2D eigenvalue weighted by Crippen LogP contribution is -2.10. The lowest BCUT2D eigenvalue weighted by atomic mass is 10.1. The molecule has 0 aliphatic rings. The van der Waals surface area contributed by atoms with Crippen LogP contribution in [0.4, 0.5) is 19.0 Å². The zero-order valence-corrected chi connectivity index (χ0v) is 17.4. The minimum Gasteiger partial charge on any atom is -0.508 e. The van der Waals surface area contributed by atoms with Crippen LogP contribution in [0.25, 0.3) is 22.3 Å². The third-order valence-corrected chi connectivity index (χ3v) is 4.70. The Labute approximate surface area is 180 Å². The predicted octanol–water partition coefficient (Wildman–Crippen LogP) is 6.10. The number of halogens is 4. The van der Waals surface area contributed by atoms with E-state index >= 15 is 0 Å². The van der Waals surface area contributed by atoms with Gasteiger partial charge in [0.25, 0.3) is 0 Å². The lowest BCUT2D eigenvalue weighted by Gasteiger charge is -2.16. The molecule has 0 aliphatic heterocycles. The number of aromatic nitrogens is 3. The predicted molar refractivity (Wildman–Crippen MR) is 115 cm³/mol. The molecule has 0 saturated heterocycles. The van der Waals surface area contributed by atoms with E-state index in [9.17, 15) is 18.3 Å². The standard InChI is InChI=1S/C21H17F3N4O.BrH/c1-12(13-2-6-15(7-3-13)21(22,23)24)27-19-17-10-18(28-20(17)26-11-25-19)14-4-8-16(29)9-5-14;/h2-12,29H,1H3,(H2,25,26,27,28);1H. The first-order chi connectivity index (χ1) is 13.8. The molecular weight excluding hydrogens is 461 g/mol. The van der Waals surface area contributed by atoms with Crippen LogP contribution in [0.3, 0.4) is 0 Å². The summed E-state index contributed by atoms with van der Waals surface area (Å²) in [5.74, 6) is 0.751. The van der Waals surface area contributed by atoms with E-state index in [1.165, 1.54) is 18.5 Å². The number of hydrogen-bond acceptors (Lipinski definition) is 4. The number of anilines is 1. The van der Waals surface area contributed by atoms with Gasteiger partial charge in [0.2, 0.25) is 0 Å². The van der Waals surface area contributed by atoms with E-state index in [2.05, 4.69) is 20.3 Å². The fourth-order valence-electron chi connectivity index (χ4n) is 3.10. The Morgan fingerprint density at radius 1 is 1.00 bits per heavy atom. The third kappa shape index (κ3) is 4.40. The van der Waals surface area contributed by atoms with Gasteiger partial charge in [-0.15, -0.1) is 17.0 Å². The van der Waals surface area contributed by atoms with Gasteiger partial charge < -0.3 is 15.4 Å². The van der Waals surface area contributed by atoms with E-state index < -0.39 is 11.7 Å². The first-order valence-corrected chi connectivity index (χ1v) is 8.88. The summed E-state index contributed by atoms with van der Waals surface area (Å²) in [6.07, 6.45) is -2.94. The lowest BCUT2D eigenvalue weighted by molar-refractivity contribution is -0.137. The van der Waals surface area contributed by atoms with Crippen LogP contribution in [-0.2, 0) is 6.18 Å². The normalized spacial score (nSPS) is 12.4. The molecule has 3 N–H and O–H groups in total. The Morgan fingerprint density at radius 2 is 1.67 bits per heavy atom. The number of benzene rings is 2. The van der Waals surface area contributed by atoms with Gasteiger partial charge in [-0.1, -0.05) is 12.1 Å². The van der Waals surface area contributed by atoms with Crippen LogP contribution < -0.4 is 5.32 Å². The average Bonchev–Trinajstić information content (AvgIpc) is 3.13. The van der Waals surface area contributed by atoms with Crippen LogP contribution >= 0.6 is 17.0 Å². The number of alkyl halides is 3. The number of phenolic OH excluding ortho intramolecular Hbond substituents is 1. The van der Waals surface area contributed by atoms with Crippen molar-refractivity contribution >= 4 is 33.8 Å². The van der Waals surface area contributed by atoms with Crippen LogP contribution in [0.2, 0.25) is 0 Å². The summed E-state index contributed by atoms with van der Waals surface area (Å²) in [5, 5.41) is 13.5. The van der Waals surface area contributed by atoms with Crippen LogP contribution in [0.5, 0.6) is 5.75 Å². The van der Waals surface area contributed by atoms with Crippen molar-refractivity contribution in [1.29, 1.82) is 0 Å². The van der Waals surface area contributed by atoms with Crippen molar-refractivity contribution in [3.05, 3.63) is 72.1 Å². The van der Waals surface area contributed by atoms with E-state index in [4.69, 9.17) is 0 Å². The van der Waals surface area contributed by atoms with E-state index in [0.717, 1.165) is 28.8 Å². The summed E-state index contributed by atoms with van der Waals surface area (Å²) < 4.78 is 38.3. The molecule has 0 bridgehead atoms. The van der Waals surface area contributed by atoms with Crippen LogP contribution in [0, 0.1) is 0 Å². The molecule has 9 heteroatoms. The van der Waals surface area contributed by atoms with Crippen molar-refractivity contribution in [1.82, 2.24) is 15.0 Å². The van der Waals surface area contributed by atoms with Gasteiger partial charge in [0, 0.05) is 11.7 Å². The van der Waals surface area contributed by atoms with Gasteiger partial charge in [0.05, 0.1) is 10.9 Å². The quantitative estimate of drug-likeness (QED) is 0.331. The van der Waals surface area contributed by atoms with Crippen molar-refractivity contribution in [2.45, 2.75) is 19.1 Å². The van der Waals surface area contributed by atoms with E-state index in [1.54, 1.807) is 24.3 Å². The van der Waals surface area contributed by atoms with Crippen molar-refractivity contribution in [3.8, 4) is 17.0 Å². The number of aromatic amines is 1. The molecule has 5 nitrogen and oxygen atoms in total. The van der Waals surface area contributed by atoms with Gasteiger partial charge in [-0.25, -0.2) is 9.97 Å². The molecule has 0 aliphatic carbocycles. The van der Waals surface area contributed by atoms with E-state index in [-0.39, 0.29) is 28.8 Å². The first kappa shape index (κ1) is 21.6. The van der Waals surface area contributed by atoms with Crippen molar-refractivity contribution < 1.29 is 18.3 Å². The molecule has 156 valence electrons. The van der Waals surface area contributed by atoms with Gasteiger partial charge in [-0.05, 0) is 60.5 Å². The molecule has 1 atom stereocenters. The number of fused-ring (bicyclic) bond motifs is 1. The Morgan fingerprint density at radius 3 is 2.30 bits per heavy atom. The zero-order valence-electron chi connectivity index (χ0n) is 15.7. The highest BCUT2D eigenvalue weighted by Gasteiger charge is 2.30. The summed E-state index contributed by atoms with van der Waals surface area (Å²) >= 11 is 0. The molecule has 2 aromatic carbocycles. The summed E-state index contributed by atoms with van der Waals surface area (Å²) in [6, 6.07) is 13.4. The Kier molecular flexibility index (Phi) is 6.02. The van der Waals surface area contributed by atoms with Gasteiger partial charge in [-0.3, -0.25) is 0 Å². The maximum atomic E-state index is 12.8. The Balaban J connectivity index is 0.00000256. The molecule has 30 heavy (non-hydrogen) atoms. The smallest absolute Gasteiger partial charge is 0.416 e. The van der Waals surface area contributed by atoms with Crippen LogP contribution in [0.15, 0.2) is 60.9 Å². The van der Waals surface area contributed by atoms with E-state index in [0.29, 0.717) is 17.0 Å². The molecule has 0 amide bonds. The second kappa shape index (κ2) is 8.35. The molecule has 0 fully saturated rings. The fourth-order valence-corrected chi connectivity index (χ4v) is 3.10. The molecule has 0 spiro atoms. The number of hydrogen-bond donors (Lipinski definition) is 3. The van der Waals surface area contributed by atoms with Gasteiger partial charge in [0.1, 0.15) is 23.5 Å². The van der Waals surface area contributed by atoms with Gasteiger partial charge in [0.15, 0.2) is 0 Å². The van der Waals surface area contributed by atoms with Gasteiger partial charge in [-0.2, -0.15) is 13.2 Å². The summed E-state index contributed by atoms with van der Waals surface area (Å²) in [7, 11) is 0. The molecule has 0 saturated carbocycles. The monoisotopic (exact) mass is 478 g/mol. The molecule has 2 heterocycles. The highest BCUT2D eigenvalue weighted by molar-refractivity contribution is 8.93. The minimum absolute atomic E-state index is 0. The van der Waals surface area contributed by atoms with Crippen LogP contribution in [0.1, 0.15) is 24.1 Å². The van der Waals surface area contributed by atoms with E-state index in [1.807, 2.05) is 13.0 Å². The average molecular weight is 479 g/mol.